The van der Waals surface area contributed by atoms with E-state index in [-0.39, 0.29) is 4.90 Å². The number of esters is 2. The van der Waals surface area contributed by atoms with Crippen LogP contribution in [0, 0.1) is 5.92 Å². The van der Waals surface area contributed by atoms with Crippen LogP contribution in [0.2, 0.25) is 0 Å². The third-order valence-corrected chi connectivity index (χ3v) is 5.18. The lowest BCUT2D eigenvalue weighted by Gasteiger charge is -2.28. The Hall–Kier alpha value is -2.19. The molecule has 3 atom stereocenters. The highest BCUT2D eigenvalue weighted by Crippen LogP contribution is 2.27. The van der Waals surface area contributed by atoms with Gasteiger partial charge in [-0.25, -0.2) is 13.2 Å². The molecule has 1 aliphatic rings. The lowest BCUT2D eigenvalue weighted by Crippen LogP contribution is -2.44. The van der Waals surface area contributed by atoms with Crippen LogP contribution in [0.15, 0.2) is 47.4 Å². The molecule has 0 amide bonds. The normalized spacial score (nSPS) is 24.0. The summed E-state index contributed by atoms with van der Waals surface area (Å²) in [5.74, 6) is -2.63. The molecule has 0 radical (unpaired) electrons. The van der Waals surface area contributed by atoms with Gasteiger partial charge in [0.15, 0.2) is 11.5 Å². The summed E-state index contributed by atoms with van der Waals surface area (Å²) in [5.41, 5.74) is -1.39. The summed E-state index contributed by atoms with van der Waals surface area (Å²) in [4.78, 5) is 23.6. The Kier molecular flexibility index (Phi) is 5.17. The predicted molar refractivity (Wildman–Crippen MR) is 79.0 cm³/mol. The van der Waals surface area contributed by atoms with Crippen LogP contribution in [0.4, 0.5) is 0 Å². The van der Waals surface area contributed by atoms with Crippen molar-refractivity contribution in [3.8, 4) is 0 Å². The molecule has 3 unspecified atom stereocenters. The van der Waals surface area contributed by atoms with Crippen molar-refractivity contribution < 1.29 is 32.2 Å². The van der Waals surface area contributed by atoms with E-state index < -0.39 is 39.2 Å². The lowest BCUT2D eigenvalue weighted by molar-refractivity contribution is -0.166. The van der Waals surface area contributed by atoms with Crippen LogP contribution in [0.5, 0.6) is 0 Å². The van der Waals surface area contributed by atoms with E-state index in [2.05, 4.69) is 9.47 Å². The quantitative estimate of drug-likeness (QED) is 0.588. The van der Waals surface area contributed by atoms with Crippen molar-refractivity contribution in [2.45, 2.75) is 16.4 Å². The predicted octanol–water partition coefficient (Wildman–Crippen LogP) is 0.704. The zero-order valence-corrected chi connectivity index (χ0v) is 13.4. The standard InChI is InChI=1S/C15H16O7S/c1-20-14(16)11-8-9-12(22-13(11)15(17)21-2)23(18,19)10-6-4-3-5-7-10/h3-9,11-13H,1-2H3. The zero-order chi connectivity index (χ0) is 17.0. The molecule has 124 valence electrons. The molecule has 1 aromatic carbocycles. The molecule has 2 rings (SSSR count). The van der Waals surface area contributed by atoms with Gasteiger partial charge in [0, 0.05) is 0 Å². The highest BCUT2D eigenvalue weighted by molar-refractivity contribution is 7.92. The average Bonchev–Trinajstić information content (AvgIpc) is 2.60. The summed E-state index contributed by atoms with van der Waals surface area (Å²) in [6.07, 6.45) is 1.13. The molecule has 0 fully saturated rings. The molecule has 0 aromatic heterocycles. The second kappa shape index (κ2) is 6.93. The van der Waals surface area contributed by atoms with E-state index in [1.165, 1.54) is 24.3 Å². The van der Waals surface area contributed by atoms with Gasteiger partial charge in [-0.2, -0.15) is 0 Å². The number of rotatable bonds is 4. The molecular weight excluding hydrogens is 324 g/mol. The number of hydrogen-bond donors (Lipinski definition) is 0. The van der Waals surface area contributed by atoms with E-state index in [0.717, 1.165) is 14.2 Å². The molecule has 7 nitrogen and oxygen atoms in total. The Balaban J connectivity index is 2.36. The van der Waals surface area contributed by atoms with Crippen molar-refractivity contribution in [1.29, 1.82) is 0 Å². The van der Waals surface area contributed by atoms with Crippen LogP contribution in [-0.4, -0.2) is 46.1 Å². The third kappa shape index (κ3) is 3.43. The summed E-state index contributed by atoms with van der Waals surface area (Å²) in [6, 6.07) is 7.68. The minimum Gasteiger partial charge on any atom is -0.468 e. The average molecular weight is 340 g/mol. The molecule has 23 heavy (non-hydrogen) atoms. The monoisotopic (exact) mass is 340 g/mol. The molecule has 0 saturated heterocycles. The van der Waals surface area contributed by atoms with Gasteiger partial charge in [-0.05, 0) is 18.2 Å². The largest absolute Gasteiger partial charge is 0.468 e. The maximum atomic E-state index is 12.5. The van der Waals surface area contributed by atoms with Gasteiger partial charge in [0.1, 0.15) is 5.92 Å². The van der Waals surface area contributed by atoms with Crippen LogP contribution in [-0.2, 0) is 33.6 Å². The molecule has 8 heteroatoms. The Morgan fingerprint density at radius 3 is 2.17 bits per heavy atom. The minimum absolute atomic E-state index is 0.0507. The SMILES string of the molecule is COC(=O)C1C=CC(S(=O)(=O)c2ccccc2)OC1C(=O)OC. The molecule has 1 aromatic rings. The summed E-state index contributed by atoms with van der Waals surface area (Å²) >= 11 is 0. The molecule has 0 bridgehead atoms. The number of carbonyl (C=O) groups is 2. The van der Waals surface area contributed by atoms with Crippen molar-refractivity contribution >= 4 is 21.8 Å². The number of benzene rings is 1. The highest BCUT2D eigenvalue weighted by Gasteiger charge is 2.42. The molecule has 0 N–H and O–H groups in total. The van der Waals surface area contributed by atoms with E-state index in [1.54, 1.807) is 18.2 Å². The number of hydrogen-bond acceptors (Lipinski definition) is 7. The molecule has 0 saturated carbocycles. The van der Waals surface area contributed by atoms with Gasteiger partial charge >= 0.3 is 11.9 Å². The van der Waals surface area contributed by atoms with Crippen molar-refractivity contribution in [3.63, 3.8) is 0 Å². The van der Waals surface area contributed by atoms with Crippen LogP contribution in [0.3, 0.4) is 0 Å². The number of carbonyl (C=O) groups excluding carboxylic acids is 2. The highest BCUT2D eigenvalue weighted by atomic mass is 32.2. The van der Waals surface area contributed by atoms with E-state index in [9.17, 15) is 18.0 Å². The second-order valence-electron chi connectivity index (χ2n) is 4.74. The zero-order valence-electron chi connectivity index (χ0n) is 12.5. The Morgan fingerprint density at radius 1 is 1.00 bits per heavy atom. The van der Waals surface area contributed by atoms with Crippen molar-refractivity contribution in [3.05, 3.63) is 42.5 Å². The van der Waals surface area contributed by atoms with E-state index in [4.69, 9.17) is 4.74 Å². The fraction of sp³-hybridized carbons (Fsp3) is 0.333. The number of methoxy groups -OCH3 is 2. The first kappa shape index (κ1) is 17.2. The van der Waals surface area contributed by atoms with Crippen LogP contribution >= 0.6 is 0 Å². The van der Waals surface area contributed by atoms with Crippen LogP contribution in [0.25, 0.3) is 0 Å². The second-order valence-corrected chi connectivity index (χ2v) is 6.77. The summed E-state index contributed by atoms with van der Waals surface area (Å²) in [7, 11) is -1.57. The first-order valence-corrected chi connectivity index (χ1v) is 8.25. The maximum absolute atomic E-state index is 12.5. The van der Waals surface area contributed by atoms with Crippen molar-refractivity contribution in [2.24, 2.45) is 5.92 Å². The summed E-state index contributed by atoms with van der Waals surface area (Å²) < 4.78 is 39.6. The van der Waals surface area contributed by atoms with Gasteiger partial charge in [-0.1, -0.05) is 24.3 Å². The molecule has 1 heterocycles. The Morgan fingerprint density at radius 2 is 1.61 bits per heavy atom. The van der Waals surface area contributed by atoms with E-state index in [0.29, 0.717) is 0 Å². The fourth-order valence-corrected chi connectivity index (χ4v) is 3.53. The molecular formula is C15H16O7S. The molecule has 0 spiro atoms. The van der Waals surface area contributed by atoms with Gasteiger partial charge in [-0.3, -0.25) is 4.79 Å². The first-order chi connectivity index (χ1) is 10.9. The van der Waals surface area contributed by atoms with Crippen LogP contribution in [0.1, 0.15) is 0 Å². The topological polar surface area (TPSA) is 96.0 Å². The van der Waals surface area contributed by atoms with Gasteiger partial charge in [0.2, 0.25) is 9.84 Å². The van der Waals surface area contributed by atoms with Gasteiger partial charge in [0.05, 0.1) is 19.1 Å². The number of sulfone groups is 1. The number of ether oxygens (including phenoxy) is 3. The molecule has 0 aliphatic carbocycles. The summed E-state index contributed by atoms with van der Waals surface area (Å²) in [5, 5.41) is 0. The van der Waals surface area contributed by atoms with Gasteiger partial charge in [0.25, 0.3) is 0 Å². The Labute approximate surface area is 133 Å². The van der Waals surface area contributed by atoms with Crippen molar-refractivity contribution in [2.75, 3.05) is 14.2 Å². The maximum Gasteiger partial charge on any atom is 0.336 e. The Bertz CT molecular complexity index is 709. The van der Waals surface area contributed by atoms with Crippen molar-refractivity contribution in [1.82, 2.24) is 0 Å². The summed E-state index contributed by atoms with van der Waals surface area (Å²) in [6.45, 7) is 0. The minimum atomic E-state index is -3.86. The molecule has 1 aliphatic heterocycles. The van der Waals surface area contributed by atoms with E-state index in [1.807, 2.05) is 0 Å². The smallest absolute Gasteiger partial charge is 0.336 e. The van der Waals surface area contributed by atoms with Gasteiger partial charge < -0.3 is 14.2 Å². The van der Waals surface area contributed by atoms with E-state index >= 15 is 0 Å². The van der Waals surface area contributed by atoms with Gasteiger partial charge in [-0.15, -0.1) is 0 Å². The first-order valence-electron chi connectivity index (χ1n) is 6.70. The lowest BCUT2D eigenvalue weighted by atomic mass is 10.00. The third-order valence-electron chi connectivity index (χ3n) is 3.37. The fourth-order valence-electron chi connectivity index (χ4n) is 2.16. The van der Waals surface area contributed by atoms with Crippen LogP contribution < -0.4 is 0 Å².